The Balaban J connectivity index is 1.66. The van der Waals surface area contributed by atoms with Crippen molar-refractivity contribution < 1.29 is 9.72 Å². The highest BCUT2D eigenvalue weighted by molar-refractivity contribution is 8.00. The molecule has 1 atom stereocenters. The van der Waals surface area contributed by atoms with E-state index in [9.17, 15) is 14.9 Å². The topological polar surface area (TPSA) is 85.1 Å². The Kier molecular flexibility index (Phi) is 6.10. The van der Waals surface area contributed by atoms with E-state index < -0.39 is 4.92 Å². The van der Waals surface area contributed by atoms with Crippen LogP contribution in [0.1, 0.15) is 6.92 Å². The summed E-state index contributed by atoms with van der Waals surface area (Å²) in [4.78, 5) is 28.1. The third-order valence-corrected chi connectivity index (χ3v) is 5.70. The number of benzene rings is 2. The summed E-state index contributed by atoms with van der Waals surface area (Å²) < 4.78 is 0. The van der Waals surface area contributed by atoms with Crippen molar-refractivity contribution in [3.8, 4) is 11.3 Å². The predicted octanol–water partition coefficient (Wildman–Crippen LogP) is 5.49. The van der Waals surface area contributed by atoms with E-state index in [0.717, 1.165) is 4.90 Å². The zero-order valence-electron chi connectivity index (χ0n) is 14.1. The fourth-order valence-electron chi connectivity index (χ4n) is 2.22. The Labute approximate surface area is 168 Å². The van der Waals surface area contributed by atoms with Gasteiger partial charge < -0.3 is 5.32 Å². The number of nitro benzene ring substituents is 1. The van der Waals surface area contributed by atoms with Crippen LogP contribution < -0.4 is 5.32 Å². The van der Waals surface area contributed by atoms with Crippen LogP contribution in [0, 0.1) is 10.1 Å². The highest BCUT2D eigenvalue weighted by atomic mass is 35.5. The second kappa shape index (κ2) is 8.51. The molecule has 1 amide bonds. The maximum Gasteiger partial charge on any atom is 0.270 e. The first-order valence-electron chi connectivity index (χ1n) is 7.86. The van der Waals surface area contributed by atoms with Gasteiger partial charge in [0.2, 0.25) is 5.91 Å². The normalized spacial score (nSPS) is 11.8. The van der Waals surface area contributed by atoms with E-state index in [1.165, 1.54) is 35.2 Å². The van der Waals surface area contributed by atoms with Crippen LogP contribution in [0.2, 0.25) is 5.02 Å². The molecule has 0 aliphatic rings. The van der Waals surface area contributed by atoms with Gasteiger partial charge >= 0.3 is 0 Å². The molecule has 0 aliphatic heterocycles. The molecule has 0 saturated heterocycles. The van der Waals surface area contributed by atoms with E-state index in [0.29, 0.717) is 21.4 Å². The summed E-state index contributed by atoms with van der Waals surface area (Å²) in [6.07, 6.45) is 0. The van der Waals surface area contributed by atoms with E-state index in [1.54, 1.807) is 29.6 Å². The van der Waals surface area contributed by atoms with Crippen LogP contribution in [0.5, 0.6) is 0 Å². The van der Waals surface area contributed by atoms with E-state index in [1.807, 2.05) is 19.1 Å². The molecule has 0 aliphatic carbocycles. The Hall–Kier alpha value is -2.42. The number of hydrogen-bond acceptors (Lipinski definition) is 6. The first kappa shape index (κ1) is 19.3. The van der Waals surface area contributed by atoms with Crippen LogP contribution in [0.4, 0.5) is 10.8 Å². The Morgan fingerprint density at radius 1 is 1.30 bits per heavy atom. The second-order valence-electron chi connectivity index (χ2n) is 5.55. The van der Waals surface area contributed by atoms with E-state index >= 15 is 0 Å². The van der Waals surface area contributed by atoms with Crippen molar-refractivity contribution in [2.24, 2.45) is 0 Å². The van der Waals surface area contributed by atoms with Gasteiger partial charge in [-0.2, -0.15) is 0 Å². The van der Waals surface area contributed by atoms with Crippen molar-refractivity contribution in [3.05, 3.63) is 69.0 Å². The van der Waals surface area contributed by atoms with Gasteiger partial charge in [0.25, 0.3) is 5.69 Å². The van der Waals surface area contributed by atoms with Gasteiger partial charge in [0.05, 0.1) is 15.9 Å². The highest BCUT2D eigenvalue weighted by Crippen LogP contribution is 2.29. The average molecular weight is 420 g/mol. The number of rotatable bonds is 6. The van der Waals surface area contributed by atoms with Crippen LogP contribution in [-0.4, -0.2) is 21.1 Å². The van der Waals surface area contributed by atoms with Crippen molar-refractivity contribution >= 4 is 51.4 Å². The number of thiazole rings is 1. The standard InChI is InChI=1S/C18H14ClN3O3S2/c1-11(27-15-7-5-13(19)6-8-15)17(23)21-18-20-16(10-26-18)12-3-2-4-14(9-12)22(24)25/h2-11H,1H3,(H,20,21,23). The van der Waals surface area contributed by atoms with E-state index in [-0.39, 0.29) is 16.8 Å². The van der Waals surface area contributed by atoms with Gasteiger partial charge in [-0.05, 0) is 31.2 Å². The summed E-state index contributed by atoms with van der Waals surface area (Å²) >= 11 is 8.56. The quantitative estimate of drug-likeness (QED) is 0.324. The Bertz CT molecular complexity index is 976. The molecule has 3 aromatic rings. The highest BCUT2D eigenvalue weighted by Gasteiger charge is 2.17. The van der Waals surface area contributed by atoms with Gasteiger partial charge in [0, 0.05) is 33.0 Å². The summed E-state index contributed by atoms with van der Waals surface area (Å²) in [5.41, 5.74) is 1.21. The van der Waals surface area contributed by atoms with Gasteiger partial charge in [-0.25, -0.2) is 4.98 Å². The molecular formula is C18H14ClN3O3S2. The minimum absolute atomic E-state index is 0.000859. The molecule has 3 rings (SSSR count). The third-order valence-electron chi connectivity index (χ3n) is 3.58. The lowest BCUT2D eigenvalue weighted by Crippen LogP contribution is -2.22. The number of amides is 1. The molecule has 1 unspecified atom stereocenters. The van der Waals surface area contributed by atoms with Gasteiger partial charge in [-0.3, -0.25) is 14.9 Å². The first-order valence-corrected chi connectivity index (χ1v) is 9.99. The van der Waals surface area contributed by atoms with Gasteiger partial charge in [0.1, 0.15) is 0 Å². The molecule has 1 N–H and O–H groups in total. The number of carbonyl (C=O) groups excluding carboxylic acids is 1. The zero-order chi connectivity index (χ0) is 19.4. The second-order valence-corrected chi connectivity index (χ2v) is 8.26. The number of hydrogen-bond donors (Lipinski definition) is 1. The molecule has 2 aromatic carbocycles. The number of nitrogens with one attached hydrogen (secondary N) is 1. The average Bonchev–Trinajstić information content (AvgIpc) is 3.12. The summed E-state index contributed by atoms with van der Waals surface area (Å²) in [6, 6.07) is 13.5. The molecule has 138 valence electrons. The molecule has 0 bridgehead atoms. The van der Waals surface area contributed by atoms with Gasteiger partial charge in [0.15, 0.2) is 5.13 Å². The van der Waals surface area contributed by atoms with Crippen LogP contribution in [0.25, 0.3) is 11.3 Å². The molecule has 0 spiro atoms. The molecule has 1 heterocycles. The van der Waals surface area contributed by atoms with Crippen LogP contribution in [-0.2, 0) is 4.79 Å². The van der Waals surface area contributed by atoms with Crippen LogP contribution in [0.15, 0.2) is 58.8 Å². The number of nitrogens with zero attached hydrogens (tertiary/aromatic N) is 2. The molecule has 27 heavy (non-hydrogen) atoms. The lowest BCUT2D eigenvalue weighted by Gasteiger charge is -2.10. The van der Waals surface area contributed by atoms with E-state index in [4.69, 9.17) is 11.6 Å². The lowest BCUT2D eigenvalue weighted by molar-refractivity contribution is -0.384. The number of halogens is 1. The van der Waals surface area contributed by atoms with Crippen LogP contribution >= 0.6 is 34.7 Å². The van der Waals surface area contributed by atoms with Crippen molar-refractivity contribution in [1.29, 1.82) is 0 Å². The molecule has 0 fully saturated rings. The number of nitro groups is 1. The smallest absolute Gasteiger partial charge is 0.270 e. The summed E-state index contributed by atoms with van der Waals surface area (Å²) in [5.74, 6) is -0.171. The van der Waals surface area contributed by atoms with Crippen molar-refractivity contribution in [2.75, 3.05) is 5.32 Å². The largest absolute Gasteiger partial charge is 0.301 e. The first-order chi connectivity index (χ1) is 12.9. The third kappa shape index (κ3) is 5.06. The minimum atomic E-state index is -0.450. The molecule has 9 heteroatoms. The number of aromatic nitrogens is 1. The number of anilines is 1. The molecule has 0 saturated carbocycles. The molecule has 1 aromatic heterocycles. The van der Waals surface area contributed by atoms with Gasteiger partial charge in [-0.1, -0.05) is 23.7 Å². The maximum absolute atomic E-state index is 12.4. The molecular weight excluding hydrogens is 406 g/mol. The number of carbonyl (C=O) groups is 1. The monoisotopic (exact) mass is 419 g/mol. The molecule has 0 radical (unpaired) electrons. The van der Waals surface area contributed by atoms with Crippen LogP contribution in [0.3, 0.4) is 0 Å². The van der Waals surface area contributed by atoms with Gasteiger partial charge in [-0.15, -0.1) is 23.1 Å². The summed E-state index contributed by atoms with van der Waals surface area (Å²) in [7, 11) is 0. The summed E-state index contributed by atoms with van der Waals surface area (Å²) in [6.45, 7) is 1.81. The summed E-state index contributed by atoms with van der Waals surface area (Å²) in [5, 5.41) is 16.2. The minimum Gasteiger partial charge on any atom is -0.301 e. The zero-order valence-corrected chi connectivity index (χ0v) is 16.5. The number of non-ortho nitro benzene ring substituents is 1. The Morgan fingerprint density at radius 3 is 2.74 bits per heavy atom. The van der Waals surface area contributed by atoms with Crippen molar-refractivity contribution in [3.63, 3.8) is 0 Å². The molecule has 6 nitrogen and oxygen atoms in total. The fourth-order valence-corrected chi connectivity index (χ4v) is 3.94. The predicted molar refractivity (Wildman–Crippen MR) is 110 cm³/mol. The SMILES string of the molecule is CC(Sc1ccc(Cl)cc1)C(=O)Nc1nc(-c2cccc([N+](=O)[O-])c2)cs1. The maximum atomic E-state index is 12.4. The fraction of sp³-hybridized carbons (Fsp3) is 0.111. The lowest BCUT2D eigenvalue weighted by atomic mass is 10.1. The van der Waals surface area contributed by atoms with Crippen molar-refractivity contribution in [1.82, 2.24) is 4.98 Å². The Morgan fingerprint density at radius 2 is 2.04 bits per heavy atom. The van der Waals surface area contributed by atoms with Crippen molar-refractivity contribution in [2.45, 2.75) is 17.1 Å². The van der Waals surface area contributed by atoms with E-state index in [2.05, 4.69) is 10.3 Å². The number of thioether (sulfide) groups is 1.